The van der Waals surface area contributed by atoms with Crippen molar-refractivity contribution in [2.75, 3.05) is 26.7 Å². The fourth-order valence-corrected chi connectivity index (χ4v) is 2.86. The molecule has 1 aromatic rings. The Kier molecular flexibility index (Phi) is 7.44. The van der Waals surface area contributed by atoms with Crippen LogP contribution in [0.5, 0.6) is 5.75 Å². The number of rotatable bonds is 7. The van der Waals surface area contributed by atoms with Crippen molar-refractivity contribution in [3.8, 4) is 5.75 Å². The molecule has 0 spiro atoms. The molecule has 1 fully saturated rings. The molecule has 1 aliphatic heterocycles. The number of carboxylic acid groups (broad SMARTS) is 1. The lowest BCUT2D eigenvalue weighted by Crippen LogP contribution is -2.42. The Bertz CT molecular complexity index is 629. The topological polar surface area (TPSA) is 87.2 Å². The predicted molar refractivity (Wildman–Crippen MR) is 95.7 cm³/mol. The summed E-state index contributed by atoms with van der Waals surface area (Å²) in [4.78, 5) is 38.3. The molecule has 0 radical (unpaired) electrons. The molecule has 0 unspecified atom stereocenters. The van der Waals surface area contributed by atoms with Gasteiger partial charge in [-0.15, -0.1) is 0 Å². The van der Waals surface area contributed by atoms with Crippen molar-refractivity contribution in [1.29, 1.82) is 0 Å². The van der Waals surface area contributed by atoms with E-state index in [1.165, 1.54) is 0 Å². The van der Waals surface area contributed by atoms with E-state index in [9.17, 15) is 14.4 Å². The Morgan fingerprint density at radius 3 is 2.54 bits per heavy atom. The molecule has 1 heterocycles. The average molecular weight is 362 g/mol. The zero-order valence-corrected chi connectivity index (χ0v) is 15.1. The van der Waals surface area contributed by atoms with Crippen LogP contribution >= 0.6 is 0 Å². The molecule has 1 aliphatic rings. The van der Waals surface area contributed by atoms with Gasteiger partial charge in [-0.1, -0.05) is 25.0 Å². The number of likely N-dealkylation sites (tertiary alicyclic amines) is 1. The molecule has 2 rings (SSSR count). The van der Waals surface area contributed by atoms with Crippen LogP contribution in [0, 0.1) is 0 Å². The molecule has 0 aliphatic carbocycles. The van der Waals surface area contributed by atoms with Gasteiger partial charge in [0.1, 0.15) is 5.75 Å². The number of hydrogen-bond acceptors (Lipinski definition) is 4. The second kappa shape index (κ2) is 9.79. The fourth-order valence-electron chi connectivity index (χ4n) is 2.86. The Balaban J connectivity index is 1.85. The SMILES string of the molecule is CN(Cc1ccc(OCC(=O)O)cc1)C(=O)CN1CCCCCCC1=O. The minimum Gasteiger partial charge on any atom is -0.482 e. The lowest BCUT2D eigenvalue weighted by Gasteiger charge is -2.27. The van der Waals surface area contributed by atoms with Gasteiger partial charge in [-0.25, -0.2) is 4.79 Å². The molecule has 1 N–H and O–H groups in total. The highest BCUT2D eigenvalue weighted by Crippen LogP contribution is 2.15. The number of benzene rings is 1. The summed E-state index contributed by atoms with van der Waals surface area (Å²) in [7, 11) is 1.71. The third-order valence-corrected chi connectivity index (χ3v) is 4.38. The summed E-state index contributed by atoms with van der Waals surface area (Å²) in [6.07, 6.45) is 4.55. The van der Waals surface area contributed by atoms with Crippen LogP contribution in [0.1, 0.15) is 37.7 Å². The quantitative estimate of drug-likeness (QED) is 0.800. The summed E-state index contributed by atoms with van der Waals surface area (Å²) in [5.41, 5.74) is 0.905. The van der Waals surface area contributed by atoms with Crippen molar-refractivity contribution in [2.24, 2.45) is 0 Å². The van der Waals surface area contributed by atoms with Gasteiger partial charge in [0, 0.05) is 26.6 Å². The van der Waals surface area contributed by atoms with E-state index in [0.29, 0.717) is 25.3 Å². The number of carbonyl (C=O) groups is 3. The molecule has 0 bridgehead atoms. The third kappa shape index (κ3) is 6.38. The normalized spacial score (nSPS) is 15.1. The van der Waals surface area contributed by atoms with Crippen molar-refractivity contribution in [2.45, 2.75) is 38.6 Å². The van der Waals surface area contributed by atoms with Crippen LogP contribution in [0.3, 0.4) is 0 Å². The second-order valence-corrected chi connectivity index (χ2v) is 6.56. The lowest BCUT2D eigenvalue weighted by atomic mass is 10.1. The molecule has 2 amide bonds. The van der Waals surface area contributed by atoms with E-state index in [1.807, 2.05) is 0 Å². The summed E-state index contributed by atoms with van der Waals surface area (Å²) in [5, 5.41) is 8.60. The van der Waals surface area contributed by atoms with Gasteiger partial charge in [0.05, 0.1) is 6.54 Å². The molecule has 7 heteroatoms. The highest BCUT2D eigenvalue weighted by molar-refractivity contribution is 5.84. The number of nitrogens with zero attached hydrogens (tertiary/aromatic N) is 2. The van der Waals surface area contributed by atoms with E-state index < -0.39 is 5.97 Å². The van der Waals surface area contributed by atoms with Crippen LogP contribution in [0.2, 0.25) is 0 Å². The predicted octanol–water partition coefficient (Wildman–Crippen LogP) is 1.90. The smallest absolute Gasteiger partial charge is 0.341 e. The van der Waals surface area contributed by atoms with Crippen LogP contribution < -0.4 is 4.74 Å². The van der Waals surface area contributed by atoms with Gasteiger partial charge in [-0.3, -0.25) is 9.59 Å². The first-order valence-electron chi connectivity index (χ1n) is 8.91. The van der Waals surface area contributed by atoms with Crippen LogP contribution in [-0.4, -0.2) is 59.4 Å². The molecule has 0 atom stereocenters. The monoisotopic (exact) mass is 362 g/mol. The maximum atomic E-state index is 12.4. The van der Waals surface area contributed by atoms with E-state index in [4.69, 9.17) is 9.84 Å². The van der Waals surface area contributed by atoms with Crippen LogP contribution in [0.15, 0.2) is 24.3 Å². The van der Waals surface area contributed by atoms with Crippen LogP contribution in [0.25, 0.3) is 0 Å². The number of hydrogen-bond donors (Lipinski definition) is 1. The first-order valence-corrected chi connectivity index (χ1v) is 8.91. The van der Waals surface area contributed by atoms with Gasteiger partial charge in [0.25, 0.3) is 0 Å². The van der Waals surface area contributed by atoms with Gasteiger partial charge in [-0.05, 0) is 30.5 Å². The van der Waals surface area contributed by atoms with Crippen molar-refractivity contribution in [1.82, 2.24) is 9.80 Å². The maximum absolute atomic E-state index is 12.4. The van der Waals surface area contributed by atoms with Crippen molar-refractivity contribution < 1.29 is 24.2 Å². The summed E-state index contributed by atoms with van der Waals surface area (Å²) in [5.74, 6) is -0.592. The Hall–Kier alpha value is -2.57. The van der Waals surface area contributed by atoms with Crippen molar-refractivity contribution in [3.63, 3.8) is 0 Å². The van der Waals surface area contributed by atoms with Crippen LogP contribution in [-0.2, 0) is 20.9 Å². The second-order valence-electron chi connectivity index (χ2n) is 6.56. The first kappa shape index (κ1) is 19.8. The molecule has 1 saturated heterocycles. The summed E-state index contributed by atoms with van der Waals surface area (Å²) >= 11 is 0. The largest absolute Gasteiger partial charge is 0.482 e. The highest BCUT2D eigenvalue weighted by atomic mass is 16.5. The zero-order valence-electron chi connectivity index (χ0n) is 15.1. The molecule has 0 saturated carbocycles. The number of carboxylic acids is 1. The fraction of sp³-hybridized carbons (Fsp3) is 0.526. The summed E-state index contributed by atoms with van der Waals surface area (Å²) < 4.78 is 5.08. The number of amides is 2. The van der Waals surface area contributed by atoms with Gasteiger partial charge in [0.15, 0.2) is 6.61 Å². The average Bonchev–Trinajstić information content (AvgIpc) is 2.60. The minimum absolute atomic E-state index is 0.0615. The van der Waals surface area contributed by atoms with Gasteiger partial charge >= 0.3 is 5.97 Å². The molecule has 0 aromatic heterocycles. The van der Waals surface area contributed by atoms with Gasteiger partial charge < -0.3 is 19.6 Å². The molecule has 142 valence electrons. The van der Waals surface area contributed by atoms with Crippen LogP contribution in [0.4, 0.5) is 0 Å². The molecular formula is C19H26N2O5. The number of likely N-dealkylation sites (N-methyl/N-ethyl adjacent to an activating group) is 1. The zero-order chi connectivity index (χ0) is 18.9. The lowest BCUT2D eigenvalue weighted by molar-refractivity contribution is -0.140. The first-order chi connectivity index (χ1) is 12.5. The molecule has 1 aromatic carbocycles. The van der Waals surface area contributed by atoms with Crippen molar-refractivity contribution in [3.05, 3.63) is 29.8 Å². The molecule has 7 nitrogen and oxygen atoms in total. The summed E-state index contributed by atoms with van der Waals surface area (Å²) in [6, 6.07) is 6.95. The van der Waals surface area contributed by atoms with Crippen molar-refractivity contribution >= 4 is 17.8 Å². The Morgan fingerprint density at radius 2 is 1.85 bits per heavy atom. The van der Waals surface area contributed by atoms with Gasteiger partial charge in [0.2, 0.25) is 11.8 Å². The summed E-state index contributed by atoms with van der Waals surface area (Å²) in [6.45, 7) is 0.796. The molecule has 26 heavy (non-hydrogen) atoms. The van der Waals surface area contributed by atoms with E-state index in [0.717, 1.165) is 31.2 Å². The third-order valence-electron chi connectivity index (χ3n) is 4.38. The number of ether oxygens (including phenoxy) is 1. The number of carbonyl (C=O) groups excluding carboxylic acids is 2. The Morgan fingerprint density at radius 1 is 1.15 bits per heavy atom. The Labute approximate surface area is 153 Å². The van der Waals surface area contributed by atoms with Gasteiger partial charge in [-0.2, -0.15) is 0 Å². The highest BCUT2D eigenvalue weighted by Gasteiger charge is 2.20. The van der Waals surface area contributed by atoms with E-state index in [2.05, 4.69) is 0 Å². The molecular weight excluding hydrogens is 336 g/mol. The van der Waals surface area contributed by atoms with E-state index in [1.54, 1.807) is 41.1 Å². The number of aliphatic carboxylic acids is 1. The standard InChI is InChI=1S/C19H26N2O5/c1-20(12-15-7-9-16(10-8-15)26-14-19(24)25)18(23)13-21-11-5-3-2-4-6-17(21)22/h7-10H,2-6,11-14H2,1H3,(H,24,25). The van der Waals surface area contributed by atoms with E-state index >= 15 is 0 Å². The maximum Gasteiger partial charge on any atom is 0.341 e. The van der Waals surface area contributed by atoms with E-state index in [-0.39, 0.29) is 25.0 Å². The minimum atomic E-state index is -1.03.